The van der Waals surface area contributed by atoms with Gasteiger partial charge in [0.15, 0.2) is 0 Å². The summed E-state index contributed by atoms with van der Waals surface area (Å²) >= 11 is 0. The topological polar surface area (TPSA) is 58.6 Å². The molecule has 23 heavy (non-hydrogen) atoms. The molecule has 0 aromatic heterocycles. The molecule has 0 saturated carbocycles. The molecule has 122 valence electrons. The number of carbonyl (C=O) groups is 1. The summed E-state index contributed by atoms with van der Waals surface area (Å²) in [4.78, 5) is 11.9. The number of hydrogen-bond donors (Lipinski definition) is 2. The standard InChI is InChI=1S/C19H23NO3/c1-19(22,16-9-4-2-5-10-16)15-20-18(21)13-8-14-23-17-11-6-3-7-12-17/h2-7,9-12,22H,8,13-15H2,1H3,(H,20,21). The minimum Gasteiger partial charge on any atom is -0.494 e. The number of benzene rings is 2. The van der Waals surface area contributed by atoms with Crippen molar-refractivity contribution in [3.05, 3.63) is 66.2 Å². The zero-order chi connectivity index (χ0) is 16.5. The van der Waals surface area contributed by atoms with Crippen LogP contribution in [0.3, 0.4) is 0 Å². The average Bonchev–Trinajstić information content (AvgIpc) is 2.59. The molecule has 0 fully saturated rings. The third-order valence-electron chi connectivity index (χ3n) is 3.59. The Morgan fingerprint density at radius 1 is 1.09 bits per heavy atom. The van der Waals surface area contributed by atoms with E-state index in [1.807, 2.05) is 60.7 Å². The molecule has 2 aromatic rings. The van der Waals surface area contributed by atoms with Gasteiger partial charge in [-0.1, -0.05) is 48.5 Å². The molecule has 1 atom stereocenters. The van der Waals surface area contributed by atoms with Crippen molar-refractivity contribution in [3.8, 4) is 5.75 Å². The van der Waals surface area contributed by atoms with Crippen molar-refractivity contribution < 1.29 is 14.6 Å². The monoisotopic (exact) mass is 313 g/mol. The Balaban J connectivity index is 1.67. The summed E-state index contributed by atoms with van der Waals surface area (Å²) < 4.78 is 5.54. The highest BCUT2D eigenvalue weighted by molar-refractivity contribution is 5.75. The lowest BCUT2D eigenvalue weighted by atomic mass is 9.96. The third kappa shape index (κ3) is 5.75. The minimum absolute atomic E-state index is 0.0853. The predicted octanol–water partition coefficient (Wildman–Crippen LogP) is 2.87. The zero-order valence-corrected chi connectivity index (χ0v) is 13.4. The number of amides is 1. The van der Waals surface area contributed by atoms with Crippen LogP contribution in [0.25, 0.3) is 0 Å². The number of carbonyl (C=O) groups excluding carboxylic acids is 1. The Morgan fingerprint density at radius 3 is 2.35 bits per heavy atom. The van der Waals surface area contributed by atoms with E-state index >= 15 is 0 Å². The largest absolute Gasteiger partial charge is 0.494 e. The van der Waals surface area contributed by atoms with Crippen molar-refractivity contribution in [1.82, 2.24) is 5.32 Å². The second-order valence-electron chi connectivity index (χ2n) is 5.68. The molecule has 2 rings (SSSR count). The van der Waals surface area contributed by atoms with Gasteiger partial charge in [0.1, 0.15) is 11.4 Å². The van der Waals surface area contributed by atoms with Crippen molar-refractivity contribution in [1.29, 1.82) is 0 Å². The molecule has 1 unspecified atom stereocenters. The molecular formula is C19H23NO3. The minimum atomic E-state index is -1.07. The van der Waals surface area contributed by atoms with Crippen LogP contribution >= 0.6 is 0 Å². The van der Waals surface area contributed by atoms with Crippen LogP contribution in [-0.2, 0) is 10.4 Å². The van der Waals surface area contributed by atoms with Crippen molar-refractivity contribution in [2.75, 3.05) is 13.2 Å². The maximum absolute atomic E-state index is 11.9. The number of hydrogen-bond acceptors (Lipinski definition) is 3. The highest BCUT2D eigenvalue weighted by Gasteiger charge is 2.23. The Kier molecular flexibility index (Phi) is 6.18. The smallest absolute Gasteiger partial charge is 0.220 e. The average molecular weight is 313 g/mol. The number of rotatable bonds is 8. The van der Waals surface area contributed by atoms with Gasteiger partial charge >= 0.3 is 0 Å². The lowest BCUT2D eigenvalue weighted by Crippen LogP contribution is -2.38. The molecule has 2 N–H and O–H groups in total. The molecule has 4 nitrogen and oxygen atoms in total. The van der Waals surface area contributed by atoms with E-state index in [1.165, 1.54) is 0 Å². The Labute approximate surface area is 137 Å². The predicted molar refractivity (Wildman–Crippen MR) is 90.2 cm³/mol. The van der Waals surface area contributed by atoms with Crippen molar-refractivity contribution in [2.24, 2.45) is 0 Å². The summed E-state index contributed by atoms with van der Waals surface area (Å²) in [6, 6.07) is 18.8. The van der Waals surface area contributed by atoms with Crippen LogP contribution in [0.15, 0.2) is 60.7 Å². The second kappa shape index (κ2) is 8.34. The van der Waals surface area contributed by atoms with E-state index in [0.29, 0.717) is 19.4 Å². The Bertz CT molecular complexity index is 597. The van der Waals surface area contributed by atoms with Crippen LogP contribution in [0.2, 0.25) is 0 Å². The summed E-state index contributed by atoms with van der Waals surface area (Å²) in [7, 11) is 0. The molecule has 0 saturated heterocycles. The Morgan fingerprint density at radius 2 is 1.70 bits per heavy atom. The number of aliphatic hydroxyl groups is 1. The molecule has 4 heteroatoms. The molecule has 0 aliphatic rings. The normalized spacial score (nSPS) is 13.1. The van der Waals surface area contributed by atoms with Crippen LogP contribution in [0.5, 0.6) is 5.75 Å². The van der Waals surface area contributed by atoms with E-state index in [1.54, 1.807) is 6.92 Å². The van der Waals surface area contributed by atoms with Crippen LogP contribution in [-0.4, -0.2) is 24.2 Å². The van der Waals surface area contributed by atoms with Gasteiger partial charge in [-0.3, -0.25) is 4.79 Å². The summed E-state index contributed by atoms with van der Waals surface area (Å²) in [6.45, 7) is 2.38. The van der Waals surface area contributed by atoms with E-state index < -0.39 is 5.60 Å². The first-order chi connectivity index (χ1) is 11.1. The SMILES string of the molecule is CC(O)(CNC(=O)CCCOc1ccccc1)c1ccccc1. The summed E-state index contributed by atoms with van der Waals surface area (Å²) in [5, 5.41) is 13.2. The number of ether oxygens (including phenoxy) is 1. The maximum atomic E-state index is 11.9. The van der Waals surface area contributed by atoms with Crippen LogP contribution in [0.4, 0.5) is 0 Å². The third-order valence-corrected chi connectivity index (χ3v) is 3.59. The quantitative estimate of drug-likeness (QED) is 0.737. The second-order valence-corrected chi connectivity index (χ2v) is 5.68. The fourth-order valence-electron chi connectivity index (χ4n) is 2.20. The Hall–Kier alpha value is -2.33. The van der Waals surface area contributed by atoms with E-state index in [-0.39, 0.29) is 12.5 Å². The molecular weight excluding hydrogens is 290 g/mol. The van der Waals surface area contributed by atoms with Gasteiger partial charge in [0.2, 0.25) is 5.91 Å². The zero-order valence-electron chi connectivity index (χ0n) is 13.4. The lowest BCUT2D eigenvalue weighted by Gasteiger charge is -2.24. The van der Waals surface area contributed by atoms with Gasteiger partial charge in [0.05, 0.1) is 13.2 Å². The first-order valence-corrected chi connectivity index (χ1v) is 7.80. The molecule has 0 heterocycles. The van der Waals surface area contributed by atoms with Gasteiger partial charge < -0.3 is 15.2 Å². The number of para-hydroxylation sites is 1. The lowest BCUT2D eigenvalue weighted by molar-refractivity contribution is -0.122. The molecule has 2 aromatic carbocycles. The maximum Gasteiger partial charge on any atom is 0.220 e. The summed E-state index contributed by atoms with van der Waals surface area (Å²) in [6.07, 6.45) is 1.01. The van der Waals surface area contributed by atoms with Gasteiger partial charge in [-0.25, -0.2) is 0 Å². The molecule has 0 aliphatic carbocycles. The van der Waals surface area contributed by atoms with E-state index in [0.717, 1.165) is 11.3 Å². The van der Waals surface area contributed by atoms with Crippen LogP contribution in [0.1, 0.15) is 25.3 Å². The molecule has 0 radical (unpaired) electrons. The van der Waals surface area contributed by atoms with Gasteiger partial charge in [-0.2, -0.15) is 0 Å². The molecule has 1 amide bonds. The fraction of sp³-hybridized carbons (Fsp3) is 0.316. The number of nitrogens with one attached hydrogen (secondary N) is 1. The molecule has 0 aliphatic heterocycles. The highest BCUT2D eigenvalue weighted by Crippen LogP contribution is 2.18. The van der Waals surface area contributed by atoms with E-state index in [4.69, 9.17) is 4.74 Å². The highest BCUT2D eigenvalue weighted by atomic mass is 16.5. The van der Waals surface area contributed by atoms with Crippen LogP contribution < -0.4 is 10.1 Å². The van der Waals surface area contributed by atoms with Crippen LogP contribution in [0, 0.1) is 0 Å². The van der Waals surface area contributed by atoms with Gasteiger partial charge in [0, 0.05) is 6.42 Å². The first-order valence-electron chi connectivity index (χ1n) is 7.80. The van der Waals surface area contributed by atoms with Gasteiger partial charge in [-0.05, 0) is 31.0 Å². The first kappa shape index (κ1) is 17.0. The van der Waals surface area contributed by atoms with Gasteiger partial charge in [0.25, 0.3) is 0 Å². The van der Waals surface area contributed by atoms with Crippen molar-refractivity contribution in [2.45, 2.75) is 25.4 Å². The fourth-order valence-corrected chi connectivity index (χ4v) is 2.20. The molecule has 0 bridgehead atoms. The molecule has 0 spiro atoms. The van der Waals surface area contributed by atoms with Crippen molar-refractivity contribution >= 4 is 5.91 Å². The van der Waals surface area contributed by atoms with Crippen molar-refractivity contribution in [3.63, 3.8) is 0 Å². The van der Waals surface area contributed by atoms with E-state index in [2.05, 4.69) is 5.32 Å². The summed E-state index contributed by atoms with van der Waals surface area (Å²) in [5.74, 6) is 0.720. The van der Waals surface area contributed by atoms with E-state index in [9.17, 15) is 9.90 Å². The summed E-state index contributed by atoms with van der Waals surface area (Å²) in [5.41, 5.74) is -0.287. The van der Waals surface area contributed by atoms with Gasteiger partial charge in [-0.15, -0.1) is 0 Å².